The molecule has 30 heavy (non-hydrogen) atoms. The molecule has 0 atom stereocenters. The lowest BCUT2D eigenvalue weighted by atomic mass is 10.0. The van der Waals surface area contributed by atoms with Crippen LogP contribution in [0.3, 0.4) is 0 Å². The van der Waals surface area contributed by atoms with Gasteiger partial charge in [-0.15, -0.1) is 0 Å². The number of rotatable bonds is 15. The molecule has 0 rings (SSSR count). The van der Waals surface area contributed by atoms with Gasteiger partial charge in [0.05, 0.1) is 13.0 Å². The molecule has 0 aliphatic rings. The van der Waals surface area contributed by atoms with Gasteiger partial charge in [0.25, 0.3) is 0 Å². The monoisotopic (exact) mass is 434 g/mol. The van der Waals surface area contributed by atoms with Crippen LogP contribution in [-0.4, -0.2) is 24.2 Å². The zero-order valence-corrected chi connectivity index (χ0v) is 20.8. The molecule has 0 radical (unpaired) electrons. The SMILES string of the molecule is CCOC(=O)CCC(=S)OC/C=C(\C)CC/C=C(\C)CC/C=C(\C)CCC=C(C)C. The molecule has 170 valence electrons. The fourth-order valence-corrected chi connectivity index (χ4v) is 2.94. The Morgan fingerprint density at radius 2 is 1.20 bits per heavy atom. The summed E-state index contributed by atoms with van der Waals surface area (Å²) in [5, 5.41) is 0.465. The van der Waals surface area contributed by atoms with Crippen molar-refractivity contribution in [2.75, 3.05) is 13.2 Å². The van der Waals surface area contributed by atoms with Crippen molar-refractivity contribution in [2.24, 2.45) is 0 Å². The van der Waals surface area contributed by atoms with E-state index >= 15 is 0 Å². The Balaban J connectivity index is 4.01. The molecule has 0 amide bonds. The summed E-state index contributed by atoms with van der Waals surface area (Å²) in [5.74, 6) is -0.230. The number of hydrogen-bond acceptors (Lipinski definition) is 4. The van der Waals surface area contributed by atoms with Crippen LogP contribution in [0.1, 0.15) is 92.9 Å². The standard InChI is InChI=1S/C26H42O3S/c1-7-28-25(27)17-18-26(30)29-20-19-24(6)16-10-15-23(5)14-9-13-22(4)12-8-11-21(2)3/h11,13,15,19H,7-10,12,14,16-18,20H2,1-6H3/b22-13+,23-15+,24-19+. The normalized spacial score (nSPS) is 12.5. The summed E-state index contributed by atoms with van der Waals surface area (Å²) >= 11 is 5.15. The minimum absolute atomic E-state index is 0.230. The number of esters is 1. The maximum atomic E-state index is 11.3. The van der Waals surface area contributed by atoms with E-state index in [1.54, 1.807) is 6.92 Å². The van der Waals surface area contributed by atoms with Crippen molar-refractivity contribution >= 4 is 23.2 Å². The maximum Gasteiger partial charge on any atom is 0.306 e. The first-order valence-corrected chi connectivity index (χ1v) is 11.6. The number of allylic oxidation sites excluding steroid dienone is 7. The van der Waals surface area contributed by atoms with E-state index in [-0.39, 0.29) is 12.4 Å². The fraction of sp³-hybridized carbons (Fsp3) is 0.615. The second kappa shape index (κ2) is 18.1. The van der Waals surface area contributed by atoms with Gasteiger partial charge in [-0.25, -0.2) is 0 Å². The number of carbonyl (C=O) groups is 1. The van der Waals surface area contributed by atoms with E-state index in [1.807, 2.05) is 0 Å². The minimum Gasteiger partial charge on any atom is -0.483 e. The van der Waals surface area contributed by atoms with Gasteiger partial charge < -0.3 is 9.47 Å². The Bertz CT molecular complexity index is 635. The highest BCUT2D eigenvalue weighted by molar-refractivity contribution is 7.80. The second-order valence-electron chi connectivity index (χ2n) is 8.04. The van der Waals surface area contributed by atoms with Gasteiger partial charge in [0.2, 0.25) is 0 Å². The number of hydrogen-bond donors (Lipinski definition) is 0. The van der Waals surface area contributed by atoms with Gasteiger partial charge in [-0.2, -0.15) is 0 Å². The quantitative estimate of drug-likeness (QED) is 0.149. The van der Waals surface area contributed by atoms with Crippen molar-refractivity contribution in [1.82, 2.24) is 0 Å². The molecule has 0 bridgehead atoms. The topological polar surface area (TPSA) is 35.5 Å². The maximum absolute atomic E-state index is 11.3. The molecule has 4 heteroatoms. The second-order valence-corrected chi connectivity index (χ2v) is 8.49. The highest BCUT2D eigenvalue weighted by Gasteiger charge is 2.05. The molecular formula is C26H42O3S. The largest absolute Gasteiger partial charge is 0.483 e. The molecule has 0 spiro atoms. The van der Waals surface area contributed by atoms with Crippen molar-refractivity contribution in [1.29, 1.82) is 0 Å². The van der Waals surface area contributed by atoms with Crippen LogP contribution in [0.15, 0.2) is 46.6 Å². The molecule has 0 N–H and O–H groups in total. The van der Waals surface area contributed by atoms with E-state index < -0.39 is 0 Å². The Morgan fingerprint density at radius 3 is 1.70 bits per heavy atom. The van der Waals surface area contributed by atoms with Crippen LogP contribution in [0.4, 0.5) is 0 Å². The first kappa shape index (κ1) is 28.3. The van der Waals surface area contributed by atoms with Crippen LogP contribution < -0.4 is 0 Å². The van der Waals surface area contributed by atoms with Crippen molar-refractivity contribution in [3.8, 4) is 0 Å². The third-order valence-corrected chi connectivity index (χ3v) is 4.99. The smallest absolute Gasteiger partial charge is 0.306 e. The van der Waals surface area contributed by atoms with Crippen molar-refractivity contribution < 1.29 is 14.3 Å². The average molecular weight is 435 g/mol. The molecule has 0 aromatic heterocycles. The lowest BCUT2D eigenvalue weighted by Crippen LogP contribution is -2.09. The number of ether oxygens (including phenoxy) is 2. The van der Waals surface area contributed by atoms with Crippen LogP contribution in [0.2, 0.25) is 0 Å². The molecule has 0 aromatic rings. The summed E-state index contributed by atoms with van der Waals surface area (Å²) in [6.45, 7) is 13.5. The van der Waals surface area contributed by atoms with Gasteiger partial charge >= 0.3 is 5.97 Å². The van der Waals surface area contributed by atoms with Gasteiger partial charge in [-0.3, -0.25) is 4.79 Å². The van der Waals surface area contributed by atoms with Crippen LogP contribution in [0, 0.1) is 0 Å². The molecule has 0 unspecified atom stereocenters. The van der Waals surface area contributed by atoms with E-state index in [0.717, 1.165) is 38.5 Å². The van der Waals surface area contributed by atoms with Gasteiger partial charge in [0.1, 0.15) is 6.61 Å². The Kier molecular flexibility index (Phi) is 17.1. The highest BCUT2D eigenvalue weighted by atomic mass is 32.1. The molecular weight excluding hydrogens is 392 g/mol. The summed E-state index contributed by atoms with van der Waals surface area (Å²) < 4.78 is 10.4. The van der Waals surface area contributed by atoms with Crippen LogP contribution >= 0.6 is 12.2 Å². The van der Waals surface area contributed by atoms with Crippen molar-refractivity contribution in [2.45, 2.75) is 92.9 Å². The number of carbonyl (C=O) groups excluding carboxylic acids is 1. The first-order chi connectivity index (χ1) is 14.2. The molecule has 0 saturated carbocycles. The van der Waals surface area contributed by atoms with Gasteiger partial charge in [-0.05, 0) is 98.4 Å². The zero-order valence-electron chi connectivity index (χ0n) is 20.0. The molecule has 0 aliphatic heterocycles. The van der Waals surface area contributed by atoms with E-state index in [1.165, 1.54) is 22.3 Å². The fourth-order valence-electron chi connectivity index (χ4n) is 2.77. The summed E-state index contributed by atoms with van der Waals surface area (Å²) in [7, 11) is 0. The minimum atomic E-state index is -0.230. The first-order valence-electron chi connectivity index (χ1n) is 11.2. The van der Waals surface area contributed by atoms with Gasteiger partial charge in [-0.1, -0.05) is 40.5 Å². The Morgan fingerprint density at radius 1 is 0.700 bits per heavy atom. The van der Waals surface area contributed by atoms with Crippen molar-refractivity contribution in [3.05, 3.63) is 46.6 Å². The molecule has 0 aliphatic carbocycles. The Hall–Kier alpha value is -1.68. The third kappa shape index (κ3) is 18.4. The molecule has 0 fully saturated rings. The van der Waals surface area contributed by atoms with Crippen molar-refractivity contribution in [3.63, 3.8) is 0 Å². The van der Waals surface area contributed by atoms with Gasteiger partial charge in [0, 0.05) is 6.42 Å². The van der Waals surface area contributed by atoms with E-state index in [2.05, 4.69) is 58.9 Å². The molecule has 0 aromatic carbocycles. The highest BCUT2D eigenvalue weighted by Crippen LogP contribution is 2.13. The lowest BCUT2D eigenvalue weighted by Gasteiger charge is -2.06. The lowest BCUT2D eigenvalue weighted by molar-refractivity contribution is -0.142. The molecule has 0 saturated heterocycles. The average Bonchev–Trinajstić information content (AvgIpc) is 2.66. The Labute approximate surface area is 190 Å². The van der Waals surface area contributed by atoms with Gasteiger partial charge in [0.15, 0.2) is 5.05 Å². The zero-order chi connectivity index (χ0) is 22.8. The summed E-state index contributed by atoms with van der Waals surface area (Å²) in [6.07, 6.45) is 16.4. The predicted molar refractivity (Wildman–Crippen MR) is 133 cm³/mol. The molecule has 0 heterocycles. The van der Waals surface area contributed by atoms with E-state index in [9.17, 15) is 4.79 Å². The van der Waals surface area contributed by atoms with Crippen LogP contribution in [0.5, 0.6) is 0 Å². The van der Waals surface area contributed by atoms with Crippen LogP contribution in [0.25, 0.3) is 0 Å². The summed E-state index contributed by atoms with van der Waals surface area (Å²) in [6, 6.07) is 0. The van der Waals surface area contributed by atoms with E-state index in [4.69, 9.17) is 21.7 Å². The molecule has 3 nitrogen and oxygen atoms in total. The number of thiocarbonyl (C=S) groups is 1. The third-order valence-electron chi connectivity index (χ3n) is 4.67. The van der Waals surface area contributed by atoms with E-state index in [0.29, 0.717) is 24.7 Å². The predicted octanol–water partition coefficient (Wildman–Crippen LogP) is 7.82. The summed E-state index contributed by atoms with van der Waals surface area (Å²) in [4.78, 5) is 11.3. The summed E-state index contributed by atoms with van der Waals surface area (Å²) in [5.41, 5.74) is 5.63. The van der Waals surface area contributed by atoms with Crippen LogP contribution in [-0.2, 0) is 14.3 Å².